The standard InChI is InChI=1S/C5H3ClN6/c6-5-10-4(1-8-11-5)12-3-7-2-9-12/h1-3H. The summed E-state index contributed by atoms with van der Waals surface area (Å²) in [6.07, 6.45) is 4.34. The van der Waals surface area contributed by atoms with Crippen LogP contribution in [0.2, 0.25) is 5.28 Å². The van der Waals surface area contributed by atoms with Gasteiger partial charge in [-0.05, 0) is 11.6 Å². The van der Waals surface area contributed by atoms with Crippen molar-refractivity contribution < 1.29 is 0 Å². The summed E-state index contributed by atoms with van der Waals surface area (Å²) in [5.74, 6) is 0.493. The van der Waals surface area contributed by atoms with Crippen molar-refractivity contribution in [2.45, 2.75) is 0 Å². The van der Waals surface area contributed by atoms with E-state index >= 15 is 0 Å². The van der Waals surface area contributed by atoms with Gasteiger partial charge in [-0.15, -0.1) is 5.10 Å². The molecule has 12 heavy (non-hydrogen) atoms. The Morgan fingerprint density at radius 3 is 3.00 bits per heavy atom. The third kappa shape index (κ3) is 1.24. The van der Waals surface area contributed by atoms with Crippen LogP contribution < -0.4 is 0 Å². The van der Waals surface area contributed by atoms with Crippen LogP contribution in [0.5, 0.6) is 0 Å². The Labute approximate surface area is 72.2 Å². The van der Waals surface area contributed by atoms with E-state index in [2.05, 4.69) is 25.3 Å². The van der Waals surface area contributed by atoms with Crippen molar-refractivity contribution in [3.05, 3.63) is 24.1 Å². The molecule has 0 atom stereocenters. The Kier molecular flexibility index (Phi) is 1.67. The molecule has 0 saturated heterocycles. The number of nitrogens with zero attached hydrogens (tertiary/aromatic N) is 6. The van der Waals surface area contributed by atoms with Crippen molar-refractivity contribution in [2.24, 2.45) is 0 Å². The van der Waals surface area contributed by atoms with Crippen molar-refractivity contribution in [1.82, 2.24) is 29.9 Å². The van der Waals surface area contributed by atoms with E-state index in [9.17, 15) is 0 Å². The molecule has 0 saturated carbocycles. The first-order valence-corrected chi connectivity index (χ1v) is 3.44. The largest absolute Gasteiger partial charge is 0.244 e. The predicted octanol–water partition coefficient (Wildman–Crippen LogP) is 0.106. The van der Waals surface area contributed by atoms with Gasteiger partial charge >= 0.3 is 0 Å². The van der Waals surface area contributed by atoms with Crippen molar-refractivity contribution in [2.75, 3.05) is 0 Å². The average Bonchev–Trinajstić information content (AvgIpc) is 2.56. The highest BCUT2D eigenvalue weighted by molar-refractivity contribution is 6.28. The minimum atomic E-state index is 0.0861. The monoisotopic (exact) mass is 182 g/mol. The third-order valence-corrected chi connectivity index (χ3v) is 1.33. The maximum absolute atomic E-state index is 5.52. The quantitative estimate of drug-likeness (QED) is 0.626. The maximum atomic E-state index is 5.52. The summed E-state index contributed by atoms with van der Waals surface area (Å²) in [5.41, 5.74) is 0. The summed E-state index contributed by atoms with van der Waals surface area (Å²) in [7, 11) is 0. The van der Waals surface area contributed by atoms with Gasteiger partial charge in [-0.2, -0.15) is 15.2 Å². The molecule has 0 fully saturated rings. The van der Waals surface area contributed by atoms with Gasteiger partial charge in [0.25, 0.3) is 0 Å². The zero-order valence-corrected chi connectivity index (χ0v) is 6.55. The van der Waals surface area contributed by atoms with Gasteiger partial charge in [0, 0.05) is 0 Å². The van der Waals surface area contributed by atoms with Crippen LogP contribution in [0.15, 0.2) is 18.9 Å². The van der Waals surface area contributed by atoms with E-state index in [1.807, 2.05) is 0 Å². The molecule has 6 nitrogen and oxygen atoms in total. The highest BCUT2D eigenvalue weighted by Crippen LogP contribution is 2.01. The molecule has 2 heterocycles. The van der Waals surface area contributed by atoms with Gasteiger partial charge < -0.3 is 0 Å². The fourth-order valence-electron chi connectivity index (χ4n) is 0.711. The molecule has 0 N–H and O–H groups in total. The second-order valence-electron chi connectivity index (χ2n) is 1.92. The Morgan fingerprint density at radius 2 is 2.33 bits per heavy atom. The molecule has 7 heteroatoms. The normalized spacial score (nSPS) is 10.1. The highest BCUT2D eigenvalue weighted by atomic mass is 35.5. The summed E-state index contributed by atoms with van der Waals surface area (Å²) in [6.45, 7) is 0. The number of hydrogen-bond acceptors (Lipinski definition) is 5. The van der Waals surface area contributed by atoms with Gasteiger partial charge in [-0.3, -0.25) is 0 Å². The van der Waals surface area contributed by atoms with Crippen LogP contribution in [0.4, 0.5) is 0 Å². The first-order chi connectivity index (χ1) is 5.86. The van der Waals surface area contributed by atoms with Crippen molar-refractivity contribution in [3.8, 4) is 5.82 Å². The molecule has 0 radical (unpaired) electrons. The summed E-state index contributed by atoms with van der Waals surface area (Å²) >= 11 is 5.52. The fourth-order valence-corrected chi connectivity index (χ4v) is 0.841. The number of halogens is 1. The lowest BCUT2D eigenvalue weighted by Gasteiger charge is -1.95. The molecule has 0 aliphatic carbocycles. The van der Waals surface area contributed by atoms with Crippen molar-refractivity contribution in [1.29, 1.82) is 0 Å². The molecule has 0 aromatic carbocycles. The van der Waals surface area contributed by atoms with E-state index in [4.69, 9.17) is 11.6 Å². The lowest BCUT2D eigenvalue weighted by Crippen LogP contribution is -2.00. The minimum Gasteiger partial charge on any atom is -0.223 e. The van der Waals surface area contributed by atoms with Crippen LogP contribution in [0.1, 0.15) is 0 Å². The first-order valence-electron chi connectivity index (χ1n) is 3.06. The lowest BCUT2D eigenvalue weighted by atomic mass is 10.7. The topological polar surface area (TPSA) is 69.4 Å². The summed E-state index contributed by atoms with van der Waals surface area (Å²) in [6, 6.07) is 0. The van der Waals surface area contributed by atoms with Crippen LogP contribution in [0.25, 0.3) is 5.82 Å². The Bertz CT molecular complexity index is 371. The van der Waals surface area contributed by atoms with E-state index in [0.717, 1.165) is 0 Å². The zero-order chi connectivity index (χ0) is 8.39. The molecule has 0 amide bonds. The van der Waals surface area contributed by atoms with Gasteiger partial charge in [0.2, 0.25) is 5.28 Å². The molecular formula is C5H3ClN6. The number of aromatic nitrogens is 6. The smallest absolute Gasteiger partial charge is 0.223 e. The van der Waals surface area contributed by atoms with Gasteiger partial charge in [-0.1, -0.05) is 0 Å². The van der Waals surface area contributed by atoms with E-state index in [0.29, 0.717) is 5.82 Å². The second kappa shape index (κ2) is 2.82. The number of rotatable bonds is 1. The van der Waals surface area contributed by atoms with Gasteiger partial charge in [0.1, 0.15) is 12.7 Å². The minimum absolute atomic E-state index is 0.0861. The van der Waals surface area contributed by atoms with Crippen LogP contribution in [0.3, 0.4) is 0 Å². The Balaban J connectivity index is 2.48. The summed E-state index contributed by atoms with van der Waals surface area (Å²) in [5, 5.41) is 11.0. The van der Waals surface area contributed by atoms with E-state index < -0.39 is 0 Å². The fraction of sp³-hybridized carbons (Fsp3) is 0. The molecule has 0 aliphatic heterocycles. The molecule has 0 spiro atoms. The van der Waals surface area contributed by atoms with E-state index in [1.54, 1.807) is 0 Å². The summed E-state index contributed by atoms with van der Waals surface area (Å²) in [4.78, 5) is 7.62. The van der Waals surface area contributed by atoms with Gasteiger partial charge in [0.15, 0.2) is 5.82 Å². The SMILES string of the molecule is Clc1nncc(-n2cncn2)n1. The van der Waals surface area contributed by atoms with Crippen LogP contribution in [0, 0.1) is 0 Å². The molecule has 2 aromatic rings. The Hall–Kier alpha value is -1.56. The molecule has 0 aliphatic rings. The van der Waals surface area contributed by atoms with Crippen LogP contribution in [-0.4, -0.2) is 29.9 Å². The molecule has 0 bridgehead atoms. The summed E-state index contributed by atoms with van der Waals surface area (Å²) < 4.78 is 1.44. The molecule has 2 rings (SSSR count). The molecule has 60 valence electrons. The maximum Gasteiger partial charge on any atom is 0.244 e. The molecule has 0 unspecified atom stereocenters. The van der Waals surface area contributed by atoms with Gasteiger partial charge in [0.05, 0.1) is 6.20 Å². The third-order valence-electron chi connectivity index (χ3n) is 1.17. The second-order valence-corrected chi connectivity index (χ2v) is 2.26. The van der Waals surface area contributed by atoms with Crippen LogP contribution in [-0.2, 0) is 0 Å². The van der Waals surface area contributed by atoms with Gasteiger partial charge in [-0.25, -0.2) is 9.67 Å². The predicted molar refractivity (Wildman–Crippen MR) is 39.8 cm³/mol. The van der Waals surface area contributed by atoms with Crippen molar-refractivity contribution in [3.63, 3.8) is 0 Å². The Morgan fingerprint density at radius 1 is 1.42 bits per heavy atom. The average molecular weight is 183 g/mol. The van der Waals surface area contributed by atoms with E-state index in [1.165, 1.54) is 23.5 Å². The zero-order valence-electron chi connectivity index (χ0n) is 5.79. The number of hydrogen-bond donors (Lipinski definition) is 0. The lowest BCUT2D eigenvalue weighted by molar-refractivity contribution is 0.812. The van der Waals surface area contributed by atoms with Crippen molar-refractivity contribution >= 4 is 11.6 Å². The van der Waals surface area contributed by atoms with E-state index in [-0.39, 0.29) is 5.28 Å². The molecule has 2 aromatic heterocycles. The van der Waals surface area contributed by atoms with Crippen LogP contribution >= 0.6 is 11.6 Å². The first kappa shape index (κ1) is 7.11. The molecular weight excluding hydrogens is 180 g/mol. The highest BCUT2D eigenvalue weighted by Gasteiger charge is 1.99.